The quantitative estimate of drug-likeness (QED) is 0.780. The lowest BCUT2D eigenvalue weighted by Crippen LogP contribution is -2.44. The number of aryl methyl sites for hydroxylation is 2. The number of hydrogen-bond donors (Lipinski definition) is 0. The molecule has 0 radical (unpaired) electrons. The molecule has 2 aromatic rings. The molecule has 2 aromatic carbocycles. The third kappa shape index (κ3) is 1.96. The Morgan fingerprint density at radius 3 is 2.73 bits per heavy atom. The van der Waals surface area contributed by atoms with E-state index in [0.29, 0.717) is 18.9 Å². The Morgan fingerprint density at radius 1 is 1.14 bits per heavy atom. The molecule has 3 heteroatoms. The molecule has 0 aromatic heterocycles. The van der Waals surface area contributed by atoms with E-state index in [1.807, 2.05) is 49.4 Å². The number of rotatable bonds is 1. The second-order valence-electron chi connectivity index (χ2n) is 6.14. The number of hydrogen-bond acceptors (Lipinski definition) is 2. The predicted molar refractivity (Wildman–Crippen MR) is 85.0 cm³/mol. The summed E-state index contributed by atoms with van der Waals surface area (Å²) in [4.78, 5) is 4.52. The number of nitrogens with zero attached hydrogens (tertiary/aromatic N) is 1. The van der Waals surface area contributed by atoms with Crippen LogP contribution in [-0.4, -0.2) is 18.6 Å². The van der Waals surface area contributed by atoms with Crippen LogP contribution in [0, 0.1) is 6.92 Å². The van der Waals surface area contributed by atoms with E-state index in [2.05, 4.69) is 11.1 Å². The summed E-state index contributed by atoms with van der Waals surface area (Å²) in [6.07, 6.45) is 0.241. The molecule has 0 bridgehead atoms. The first-order chi connectivity index (χ1) is 10.7. The molecule has 1 aliphatic heterocycles. The summed E-state index contributed by atoms with van der Waals surface area (Å²) >= 11 is 0. The van der Waals surface area contributed by atoms with Crippen molar-refractivity contribution in [3.63, 3.8) is 0 Å². The third-order valence-corrected chi connectivity index (χ3v) is 4.68. The molecule has 1 spiro atoms. The molecule has 0 unspecified atom stereocenters. The summed E-state index contributed by atoms with van der Waals surface area (Å²) in [7, 11) is 0. The summed E-state index contributed by atoms with van der Waals surface area (Å²) < 4.78 is 20.9. The molecule has 2 aliphatic rings. The minimum Gasteiger partial charge on any atom is -0.461 e. The van der Waals surface area contributed by atoms with E-state index in [-0.39, 0.29) is 0 Å². The lowest BCUT2D eigenvalue weighted by Gasteiger charge is -2.37. The maximum absolute atomic E-state index is 14.8. The van der Waals surface area contributed by atoms with E-state index in [1.54, 1.807) is 0 Å². The lowest BCUT2D eigenvalue weighted by molar-refractivity contribution is -0.0133. The Labute approximate surface area is 129 Å². The second-order valence-corrected chi connectivity index (χ2v) is 6.14. The van der Waals surface area contributed by atoms with Crippen molar-refractivity contribution in [2.75, 3.05) is 6.54 Å². The molecular weight excluding hydrogens is 277 g/mol. The van der Waals surface area contributed by atoms with Gasteiger partial charge in [0.2, 0.25) is 5.90 Å². The Hall–Kier alpha value is -2.16. The van der Waals surface area contributed by atoms with E-state index in [4.69, 9.17) is 4.74 Å². The molecule has 112 valence electrons. The first-order valence-corrected chi connectivity index (χ1v) is 7.72. The summed E-state index contributed by atoms with van der Waals surface area (Å²) in [5.41, 5.74) is 3.30. The number of ether oxygens (including phenoxy) is 1. The summed E-state index contributed by atoms with van der Waals surface area (Å²) in [5.74, 6) is 0.555. The van der Waals surface area contributed by atoms with Crippen molar-refractivity contribution in [3.8, 4) is 0 Å². The standard InChI is InChI=1S/C19H18FNO/c1-13-6-8-15(9-7-13)18-21-12-19(22-18)16-5-3-2-4-14(16)10-11-17(19)20/h2-9,17H,10-12H2,1H3/t17-,19-/m0/s1. The highest BCUT2D eigenvalue weighted by atomic mass is 19.1. The van der Waals surface area contributed by atoms with Crippen LogP contribution in [-0.2, 0) is 16.8 Å². The van der Waals surface area contributed by atoms with Gasteiger partial charge in [-0.1, -0.05) is 42.0 Å². The van der Waals surface area contributed by atoms with Crippen LogP contribution in [0.15, 0.2) is 53.5 Å². The van der Waals surface area contributed by atoms with Crippen LogP contribution >= 0.6 is 0 Å². The van der Waals surface area contributed by atoms with Gasteiger partial charge in [0.15, 0.2) is 5.60 Å². The van der Waals surface area contributed by atoms with Crippen molar-refractivity contribution in [1.29, 1.82) is 0 Å². The molecule has 0 amide bonds. The topological polar surface area (TPSA) is 21.6 Å². The van der Waals surface area contributed by atoms with Crippen LogP contribution in [0.3, 0.4) is 0 Å². The third-order valence-electron chi connectivity index (χ3n) is 4.68. The van der Waals surface area contributed by atoms with Crippen LogP contribution < -0.4 is 0 Å². The highest BCUT2D eigenvalue weighted by Crippen LogP contribution is 2.43. The second kappa shape index (κ2) is 4.94. The molecule has 2 atom stereocenters. The van der Waals surface area contributed by atoms with E-state index < -0.39 is 11.8 Å². The number of benzene rings is 2. The van der Waals surface area contributed by atoms with E-state index in [0.717, 1.165) is 17.5 Å². The fraction of sp³-hybridized carbons (Fsp3) is 0.316. The summed E-state index contributed by atoms with van der Waals surface area (Å²) in [5, 5.41) is 0. The zero-order valence-electron chi connectivity index (χ0n) is 12.6. The average Bonchev–Trinajstić information content (AvgIpc) is 2.99. The van der Waals surface area contributed by atoms with Gasteiger partial charge in [-0.15, -0.1) is 0 Å². The fourth-order valence-electron chi connectivity index (χ4n) is 3.41. The minimum absolute atomic E-state index is 0.356. The van der Waals surface area contributed by atoms with E-state index >= 15 is 0 Å². The fourth-order valence-corrected chi connectivity index (χ4v) is 3.41. The number of halogens is 1. The van der Waals surface area contributed by atoms with Gasteiger partial charge in [-0.3, -0.25) is 0 Å². The molecule has 0 saturated heterocycles. The summed E-state index contributed by atoms with van der Waals surface area (Å²) in [6.45, 7) is 2.39. The normalized spacial score (nSPS) is 26.5. The van der Waals surface area contributed by atoms with Gasteiger partial charge in [0.1, 0.15) is 6.17 Å². The maximum atomic E-state index is 14.8. The average molecular weight is 295 g/mol. The first-order valence-electron chi connectivity index (χ1n) is 7.72. The van der Waals surface area contributed by atoms with Crippen molar-refractivity contribution < 1.29 is 9.13 Å². The molecule has 1 heterocycles. The number of aliphatic imine (C=N–C) groups is 1. The van der Waals surface area contributed by atoms with Crippen LogP contribution in [0.4, 0.5) is 4.39 Å². The van der Waals surface area contributed by atoms with Gasteiger partial charge < -0.3 is 4.74 Å². The molecule has 0 saturated carbocycles. The Bertz CT molecular complexity index is 737. The maximum Gasteiger partial charge on any atom is 0.217 e. The molecule has 0 fully saturated rings. The van der Waals surface area contributed by atoms with Gasteiger partial charge in [-0.05, 0) is 37.5 Å². The van der Waals surface area contributed by atoms with Crippen molar-refractivity contribution in [2.24, 2.45) is 4.99 Å². The van der Waals surface area contributed by atoms with E-state index in [9.17, 15) is 4.39 Å². The van der Waals surface area contributed by atoms with Gasteiger partial charge in [0.05, 0.1) is 6.54 Å². The van der Waals surface area contributed by atoms with Crippen LogP contribution in [0.25, 0.3) is 0 Å². The SMILES string of the molecule is Cc1ccc(C2=NC[C@]3(O2)c2ccccc2CC[C@@H]3F)cc1. The first kappa shape index (κ1) is 13.5. The monoisotopic (exact) mass is 295 g/mol. The largest absolute Gasteiger partial charge is 0.461 e. The summed E-state index contributed by atoms with van der Waals surface area (Å²) in [6, 6.07) is 16.0. The molecular formula is C19H18FNO. The highest BCUT2D eigenvalue weighted by Gasteiger charge is 2.50. The smallest absolute Gasteiger partial charge is 0.217 e. The van der Waals surface area contributed by atoms with Crippen LogP contribution in [0.1, 0.15) is 28.7 Å². The molecule has 22 heavy (non-hydrogen) atoms. The van der Waals surface area contributed by atoms with Crippen molar-refractivity contribution in [2.45, 2.75) is 31.5 Å². The van der Waals surface area contributed by atoms with Crippen LogP contribution in [0.2, 0.25) is 0 Å². The highest BCUT2D eigenvalue weighted by molar-refractivity contribution is 5.95. The molecule has 4 rings (SSSR count). The number of alkyl halides is 1. The molecule has 1 aliphatic carbocycles. The molecule has 0 N–H and O–H groups in total. The Morgan fingerprint density at radius 2 is 1.91 bits per heavy atom. The van der Waals surface area contributed by atoms with Gasteiger partial charge in [0, 0.05) is 11.1 Å². The van der Waals surface area contributed by atoms with Crippen molar-refractivity contribution in [3.05, 3.63) is 70.8 Å². The Kier molecular flexibility index (Phi) is 3.03. The van der Waals surface area contributed by atoms with Crippen molar-refractivity contribution in [1.82, 2.24) is 0 Å². The van der Waals surface area contributed by atoms with Gasteiger partial charge in [-0.25, -0.2) is 9.38 Å². The van der Waals surface area contributed by atoms with E-state index in [1.165, 1.54) is 11.1 Å². The predicted octanol–water partition coefficient (Wildman–Crippen LogP) is 3.95. The lowest BCUT2D eigenvalue weighted by atomic mass is 9.78. The minimum atomic E-state index is -1.02. The molecule has 2 nitrogen and oxygen atoms in total. The number of fused-ring (bicyclic) bond motifs is 2. The van der Waals surface area contributed by atoms with Gasteiger partial charge in [-0.2, -0.15) is 0 Å². The Balaban J connectivity index is 1.71. The van der Waals surface area contributed by atoms with Gasteiger partial charge >= 0.3 is 0 Å². The van der Waals surface area contributed by atoms with Crippen LogP contribution in [0.5, 0.6) is 0 Å². The van der Waals surface area contributed by atoms with Gasteiger partial charge in [0.25, 0.3) is 0 Å². The van der Waals surface area contributed by atoms with Crippen molar-refractivity contribution >= 4 is 5.90 Å². The zero-order valence-corrected chi connectivity index (χ0v) is 12.6. The zero-order chi connectivity index (χ0) is 15.2.